The molecule has 1 fully saturated rings. The molecule has 1 saturated heterocycles. The Morgan fingerprint density at radius 2 is 2.03 bits per heavy atom. The highest BCUT2D eigenvalue weighted by atomic mass is 16.6. The number of ether oxygens (including phenoxy) is 2. The van der Waals surface area contributed by atoms with Gasteiger partial charge in [0.25, 0.3) is 0 Å². The average Bonchev–Trinajstić information content (AvgIpc) is 3.20. The molecule has 0 saturated carbocycles. The van der Waals surface area contributed by atoms with Gasteiger partial charge in [0.2, 0.25) is 0 Å². The van der Waals surface area contributed by atoms with Crippen LogP contribution in [0.3, 0.4) is 0 Å². The zero-order valence-electron chi connectivity index (χ0n) is 17.0. The van der Waals surface area contributed by atoms with Gasteiger partial charge in [-0.2, -0.15) is 0 Å². The molecule has 3 heterocycles. The number of rotatable bonds is 8. The fourth-order valence-electron chi connectivity index (χ4n) is 3.69. The first-order valence-corrected chi connectivity index (χ1v) is 9.96. The zero-order chi connectivity index (χ0) is 21.2. The SMILES string of the molecule is CCCC(CCC)C(=O)OC[C@H]1O[C@@H](n2cnc3c(N)ncnc32)[C@H](O)[C@]1(C)O. The standard InChI is InChI=1S/C19H29N5O5/c1-4-6-11(7-5-2)18(26)28-8-12-19(3,27)14(25)17(29-12)24-10-23-13-15(20)21-9-22-16(13)24/h9-12,14,17,25,27H,4-8H2,1-3H3,(H2,20,21,22)/t12-,14+,17-,19-/m1/s1. The zero-order valence-corrected chi connectivity index (χ0v) is 17.0. The number of esters is 1. The average molecular weight is 407 g/mol. The molecule has 1 aliphatic heterocycles. The number of nitrogens with two attached hydrogens (primary N) is 1. The molecule has 29 heavy (non-hydrogen) atoms. The Labute approximate surface area is 169 Å². The minimum Gasteiger partial charge on any atom is -0.463 e. The maximum atomic E-state index is 12.4. The Morgan fingerprint density at radius 1 is 1.34 bits per heavy atom. The third-order valence-corrected chi connectivity index (χ3v) is 5.47. The van der Waals surface area contributed by atoms with Crippen molar-refractivity contribution in [3.63, 3.8) is 0 Å². The molecule has 2 aromatic heterocycles. The first kappa shape index (κ1) is 21.4. The van der Waals surface area contributed by atoms with Crippen molar-refractivity contribution in [1.82, 2.24) is 19.5 Å². The molecular formula is C19H29N5O5. The lowest BCUT2D eigenvalue weighted by Crippen LogP contribution is -2.47. The highest BCUT2D eigenvalue weighted by Gasteiger charge is 2.53. The van der Waals surface area contributed by atoms with E-state index < -0.39 is 24.0 Å². The molecule has 4 N–H and O–H groups in total. The van der Waals surface area contributed by atoms with Gasteiger partial charge >= 0.3 is 5.97 Å². The van der Waals surface area contributed by atoms with Gasteiger partial charge in [0.15, 0.2) is 17.7 Å². The Bertz CT molecular complexity index is 849. The van der Waals surface area contributed by atoms with E-state index in [0.29, 0.717) is 11.2 Å². The van der Waals surface area contributed by atoms with Crippen LogP contribution in [0.4, 0.5) is 5.82 Å². The van der Waals surface area contributed by atoms with E-state index in [2.05, 4.69) is 15.0 Å². The highest BCUT2D eigenvalue weighted by molar-refractivity contribution is 5.81. The number of aliphatic hydroxyl groups excluding tert-OH is 1. The number of aromatic nitrogens is 4. The molecule has 1 aliphatic rings. The van der Waals surface area contributed by atoms with Gasteiger partial charge < -0.3 is 25.4 Å². The summed E-state index contributed by atoms with van der Waals surface area (Å²) in [5.74, 6) is -0.273. The summed E-state index contributed by atoms with van der Waals surface area (Å²) in [5.41, 5.74) is 4.92. The van der Waals surface area contributed by atoms with Crippen molar-refractivity contribution in [3.8, 4) is 0 Å². The Kier molecular flexibility index (Phi) is 6.35. The lowest BCUT2D eigenvalue weighted by atomic mass is 9.94. The molecule has 10 nitrogen and oxygen atoms in total. The van der Waals surface area contributed by atoms with Crippen LogP contribution in [0, 0.1) is 5.92 Å². The number of hydrogen-bond donors (Lipinski definition) is 3. The number of nitrogens with zero attached hydrogens (tertiary/aromatic N) is 4. The van der Waals surface area contributed by atoms with E-state index in [9.17, 15) is 15.0 Å². The van der Waals surface area contributed by atoms with Crippen LogP contribution < -0.4 is 5.73 Å². The van der Waals surface area contributed by atoms with Crippen molar-refractivity contribution < 1.29 is 24.5 Å². The Morgan fingerprint density at radius 3 is 2.69 bits per heavy atom. The third kappa shape index (κ3) is 4.05. The largest absolute Gasteiger partial charge is 0.463 e. The van der Waals surface area contributed by atoms with Gasteiger partial charge in [-0.1, -0.05) is 26.7 Å². The Balaban J connectivity index is 1.75. The van der Waals surface area contributed by atoms with Crippen LogP contribution in [0.25, 0.3) is 11.2 Å². The van der Waals surface area contributed by atoms with Gasteiger partial charge in [0.05, 0.1) is 12.2 Å². The summed E-state index contributed by atoms with van der Waals surface area (Å²) in [6.07, 6.45) is 2.82. The number of nitrogen functional groups attached to an aromatic ring is 1. The van der Waals surface area contributed by atoms with Crippen LogP contribution in [0.5, 0.6) is 0 Å². The minimum absolute atomic E-state index is 0.160. The monoisotopic (exact) mass is 407 g/mol. The molecule has 3 rings (SSSR count). The van der Waals surface area contributed by atoms with Crippen molar-refractivity contribution in [2.75, 3.05) is 12.3 Å². The number of imidazole rings is 1. The molecule has 0 amide bonds. The predicted molar refractivity (Wildman–Crippen MR) is 105 cm³/mol. The van der Waals surface area contributed by atoms with Gasteiger partial charge in [-0.05, 0) is 19.8 Å². The maximum absolute atomic E-state index is 12.4. The molecule has 2 aromatic rings. The highest BCUT2D eigenvalue weighted by Crippen LogP contribution is 2.38. The number of aliphatic hydroxyl groups is 2. The number of carbonyl (C=O) groups excluding carboxylic acids is 1. The molecule has 0 bridgehead atoms. The van der Waals surface area contributed by atoms with Crippen LogP contribution in [-0.4, -0.2) is 60.1 Å². The lowest BCUT2D eigenvalue weighted by Gasteiger charge is -2.26. The Hall–Kier alpha value is -2.30. The summed E-state index contributed by atoms with van der Waals surface area (Å²) in [6, 6.07) is 0. The van der Waals surface area contributed by atoms with Gasteiger partial charge in [0.1, 0.15) is 36.3 Å². The summed E-state index contributed by atoms with van der Waals surface area (Å²) in [6.45, 7) is 5.34. The van der Waals surface area contributed by atoms with Gasteiger partial charge in [-0.3, -0.25) is 9.36 Å². The second kappa shape index (κ2) is 8.60. The molecule has 0 aliphatic carbocycles. The van der Waals surface area contributed by atoms with Crippen molar-refractivity contribution in [2.24, 2.45) is 5.92 Å². The van der Waals surface area contributed by atoms with E-state index in [0.717, 1.165) is 25.7 Å². The quantitative estimate of drug-likeness (QED) is 0.549. The van der Waals surface area contributed by atoms with Crippen LogP contribution in [0.2, 0.25) is 0 Å². The van der Waals surface area contributed by atoms with E-state index in [1.807, 2.05) is 13.8 Å². The second-order valence-corrected chi connectivity index (χ2v) is 7.67. The fourth-order valence-corrected chi connectivity index (χ4v) is 3.69. The summed E-state index contributed by atoms with van der Waals surface area (Å²) >= 11 is 0. The number of hydrogen-bond acceptors (Lipinski definition) is 9. The van der Waals surface area contributed by atoms with Crippen molar-refractivity contribution in [3.05, 3.63) is 12.7 Å². The maximum Gasteiger partial charge on any atom is 0.309 e. The van der Waals surface area contributed by atoms with Crippen molar-refractivity contribution >= 4 is 23.0 Å². The summed E-state index contributed by atoms with van der Waals surface area (Å²) < 4.78 is 12.8. The molecule has 0 unspecified atom stereocenters. The van der Waals surface area contributed by atoms with E-state index in [1.165, 1.54) is 24.1 Å². The smallest absolute Gasteiger partial charge is 0.309 e. The number of anilines is 1. The third-order valence-electron chi connectivity index (χ3n) is 5.47. The number of carbonyl (C=O) groups is 1. The molecule has 0 spiro atoms. The molecule has 4 atom stereocenters. The van der Waals surface area contributed by atoms with Gasteiger partial charge in [-0.25, -0.2) is 15.0 Å². The van der Waals surface area contributed by atoms with Crippen LogP contribution in [-0.2, 0) is 14.3 Å². The first-order valence-electron chi connectivity index (χ1n) is 9.96. The van der Waals surface area contributed by atoms with Gasteiger partial charge in [0, 0.05) is 0 Å². The molecular weight excluding hydrogens is 378 g/mol. The van der Waals surface area contributed by atoms with Gasteiger partial charge in [-0.15, -0.1) is 0 Å². The first-order chi connectivity index (χ1) is 13.8. The summed E-state index contributed by atoms with van der Waals surface area (Å²) in [5, 5.41) is 21.5. The number of fused-ring (bicyclic) bond motifs is 1. The summed E-state index contributed by atoms with van der Waals surface area (Å²) in [7, 11) is 0. The summed E-state index contributed by atoms with van der Waals surface area (Å²) in [4.78, 5) is 24.6. The van der Waals surface area contributed by atoms with E-state index in [-0.39, 0.29) is 24.3 Å². The molecule has 10 heteroatoms. The van der Waals surface area contributed by atoms with E-state index >= 15 is 0 Å². The molecule has 0 radical (unpaired) electrons. The van der Waals surface area contributed by atoms with E-state index in [1.54, 1.807) is 0 Å². The van der Waals surface area contributed by atoms with Crippen LogP contribution >= 0.6 is 0 Å². The predicted octanol–water partition coefficient (Wildman–Crippen LogP) is 1.18. The minimum atomic E-state index is -1.63. The normalized spacial score (nSPS) is 27.0. The van der Waals surface area contributed by atoms with Crippen molar-refractivity contribution in [1.29, 1.82) is 0 Å². The van der Waals surface area contributed by atoms with Crippen LogP contribution in [0.15, 0.2) is 12.7 Å². The second-order valence-electron chi connectivity index (χ2n) is 7.67. The fraction of sp³-hybridized carbons (Fsp3) is 0.684. The lowest BCUT2D eigenvalue weighted by molar-refractivity contribution is -0.158. The molecule has 0 aromatic carbocycles. The molecule has 160 valence electrons. The topological polar surface area (TPSA) is 146 Å². The van der Waals surface area contributed by atoms with E-state index in [4.69, 9.17) is 15.2 Å². The van der Waals surface area contributed by atoms with Crippen LogP contribution in [0.1, 0.15) is 52.7 Å². The van der Waals surface area contributed by atoms with Crippen molar-refractivity contribution in [2.45, 2.75) is 70.5 Å².